The van der Waals surface area contributed by atoms with E-state index in [2.05, 4.69) is 15.2 Å². The molecule has 0 aromatic carbocycles. The van der Waals surface area contributed by atoms with Crippen LogP contribution in [0.2, 0.25) is 5.02 Å². The van der Waals surface area contributed by atoms with Crippen molar-refractivity contribution < 1.29 is 4.42 Å². The van der Waals surface area contributed by atoms with Crippen LogP contribution in [0.25, 0.3) is 0 Å². The van der Waals surface area contributed by atoms with Gasteiger partial charge in [-0.2, -0.15) is 0 Å². The fraction of sp³-hybridized carbons (Fsp3) is 0.125. The van der Waals surface area contributed by atoms with E-state index in [9.17, 15) is 0 Å². The van der Waals surface area contributed by atoms with Crippen molar-refractivity contribution in [1.82, 2.24) is 15.2 Å². The maximum atomic E-state index is 5.93. The lowest BCUT2D eigenvalue weighted by molar-refractivity contribution is 0.429. The van der Waals surface area contributed by atoms with Gasteiger partial charge in [-0.1, -0.05) is 11.6 Å². The Morgan fingerprint density at radius 3 is 2.87 bits per heavy atom. The number of nitrogens with zero attached hydrogens (tertiary/aromatic N) is 3. The molecule has 2 rings (SSSR count). The Morgan fingerprint density at radius 2 is 2.27 bits per heavy atom. The lowest BCUT2D eigenvalue weighted by atomic mass is 10.4. The summed E-state index contributed by atoms with van der Waals surface area (Å²) in [5.41, 5.74) is 6.04. The fourth-order valence-corrected chi connectivity index (χ4v) is 1.88. The maximum Gasteiger partial charge on any atom is 0.282 e. The molecule has 0 atom stereocenters. The summed E-state index contributed by atoms with van der Waals surface area (Å²) in [6, 6.07) is 1.63. The summed E-state index contributed by atoms with van der Waals surface area (Å²) in [6.07, 6.45) is 1.53. The van der Waals surface area contributed by atoms with Crippen LogP contribution in [0, 0.1) is 6.92 Å². The van der Waals surface area contributed by atoms with E-state index in [0.29, 0.717) is 26.8 Å². The van der Waals surface area contributed by atoms with Gasteiger partial charge < -0.3 is 10.2 Å². The zero-order chi connectivity index (χ0) is 10.8. The van der Waals surface area contributed by atoms with Crippen molar-refractivity contribution in [2.75, 3.05) is 5.73 Å². The van der Waals surface area contributed by atoms with E-state index < -0.39 is 0 Å². The van der Waals surface area contributed by atoms with Crippen LogP contribution in [0.3, 0.4) is 0 Å². The third-order valence-corrected chi connectivity index (χ3v) is 2.78. The van der Waals surface area contributed by atoms with Gasteiger partial charge in [-0.15, -0.1) is 10.2 Å². The van der Waals surface area contributed by atoms with Gasteiger partial charge in [0.2, 0.25) is 5.89 Å². The summed E-state index contributed by atoms with van der Waals surface area (Å²) in [5.74, 6) is 0.504. The number of aryl methyl sites for hydroxylation is 1. The van der Waals surface area contributed by atoms with Crippen LogP contribution in [-0.2, 0) is 0 Å². The van der Waals surface area contributed by atoms with E-state index in [0.717, 1.165) is 0 Å². The quantitative estimate of drug-likeness (QED) is 0.870. The van der Waals surface area contributed by atoms with Crippen molar-refractivity contribution in [1.29, 1.82) is 0 Å². The highest BCUT2D eigenvalue weighted by Crippen LogP contribution is 2.31. The van der Waals surface area contributed by atoms with Gasteiger partial charge in [-0.05, 0) is 17.8 Å². The van der Waals surface area contributed by atoms with E-state index in [1.165, 1.54) is 18.0 Å². The van der Waals surface area contributed by atoms with Gasteiger partial charge in [0.1, 0.15) is 5.03 Å². The molecule has 0 unspecified atom stereocenters. The third-order valence-electron chi connectivity index (χ3n) is 1.52. The Morgan fingerprint density at radius 1 is 1.47 bits per heavy atom. The molecule has 0 radical (unpaired) electrons. The summed E-state index contributed by atoms with van der Waals surface area (Å²) in [5, 5.41) is 8.99. The first-order valence-corrected chi connectivity index (χ1v) is 5.23. The van der Waals surface area contributed by atoms with E-state index >= 15 is 0 Å². The first-order valence-electron chi connectivity index (χ1n) is 4.04. The molecule has 0 fully saturated rings. The van der Waals surface area contributed by atoms with Crippen molar-refractivity contribution in [3.8, 4) is 0 Å². The lowest BCUT2D eigenvalue weighted by Gasteiger charge is -1.99. The SMILES string of the molecule is Cc1nnc(Sc2ncc(N)cc2Cl)o1. The normalized spacial score (nSPS) is 10.5. The molecule has 5 nitrogen and oxygen atoms in total. The average molecular weight is 243 g/mol. The van der Waals surface area contributed by atoms with Crippen LogP contribution < -0.4 is 5.73 Å². The summed E-state index contributed by atoms with van der Waals surface area (Å²) in [4.78, 5) is 4.06. The molecule has 0 bridgehead atoms. The molecule has 2 N–H and O–H groups in total. The molecule has 0 spiro atoms. The second kappa shape index (κ2) is 4.08. The number of rotatable bonds is 2. The highest BCUT2D eigenvalue weighted by Gasteiger charge is 2.09. The van der Waals surface area contributed by atoms with Gasteiger partial charge >= 0.3 is 0 Å². The number of pyridine rings is 1. The largest absolute Gasteiger partial charge is 0.416 e. The van der Waals surface area contributed by atoms with Crippen LogP contribution >= 0.6 is 23.4 Å². The highest BCUT2D eigenvalue weighted by molar-refractivity contribution is 7.99. The first kappa shape index (κ1) is 10.3. The van der Waals surface area contributed by atoms with Crippen molar-refractivity contribution in [3.05, 3.63) is 23.2 Å². The third kappa shape index (κ3) is 2.40. The predicted molar refractivity (Wildman–Crippen MR) is 56.8 cm³/mol. The number of nitrogen functional groups attached to an aromatic ring is 1. The van der Waals surface area contributed by atoms with Crippen LogP contribution in [0.4, 0.5) is 5.69 Å². The molecular formula is C8H7ClN4OS. The van der Waals surface area contributed by atoms with E-state index in [4.69, 9.17) is 21.8 Å². The van der Waals surface area contributed by atoms with E-state index in [1.807, 2.05) is 0 Å². The lowest BCUT2D eigenvalue weighted by Crippen LogP contribution is -1.88. The summed E-state index contributed by atoms with van der Waals surface area (Å²) >= 11 is 7.14. The molecule has 0 aliphatic heterocycles. The zero-order valence-electron chi connectivity index (χ0n) is 7.77. The smallest absolute Gasteiger partial charge is 0.282 e. The molecule has 0 saturated carbocycles. The van der Waals surface area contributed by atoms with Gasteiger partial charge in [-0.3, -0.25) is 0 Å². The topological polar surface area (TPSA) is 77.8 Å². The minimum absolute atomic E-state index is 0.409. The number of hydrogen-bond donors (Lipinski definition) is 1. The Balaban J connectivity index is 2.24. The number of nitrogens with two attached hydrogens (primary N) is 1. The molecule has 2 aromatic rings. The molecular weight excluding hydrogens is 236 g/mol. The molecule has 7 heteroatoms. The van der Waals surface area contributed by atoms with Gasteiger partial charge in [0.15, 0.2) is 0 Å². The molecule has 0 aliphatic carbocycles. The Bertz CT molecular complexity index is 487. The van der Waals surface area contributed by atoms with Crippen molar-refractivity contribution in [2.24, 2.45) is 0 Å². The standard InChI is InChI=1S/C8H7ClN4OS/c1-4-12-13-8(14-4)15-7-6(9)2-5(10)3-11-7/h2-3H,10H2,1H3. The molecule has 0 aliphatic rings. The Hall–Kier alpha value is -1.27. The molecule has 78 valence electrons. The Labute approximate surface area is 95.0 Å². The minimum Gasteiger partial charge on any atom is -0.416 e. The van der Waals surface area contributed by atoms with Crippen molar-refractivity contribution >= 4 is 29.1 Å². The molecule has 0 amide bonds. The van der Waals surface area contributed by atoms with Crippen LogP contribution in [0.5, 0.6) is 0 Å². The number of hydrogen-bond acceptors (Lipinski definition) is 6. The van der Waals surface area contributed by atoms with E-state index in [-0.39, 0.29) is 0 Å². The van der Waals surface area contributed by atoms with Gasteiger partial charge in [0.05, 0.1) is 16.9 Å². The maximum absolute atomic E-state index is 5.93. The zero-order valence-corrected chi connectivity index (χ0v) is 9.34. The summed E-state index contributed by atoms with van der Waals surface area (Å²) < 4.78 is 5.18. The van der Waals surface area contributed by atoms with Gasteiger partial charge in [-0.25, -0.2) is 4.98 Å². The first-order chi connectivity index (χ1) is 7.15. The van der Waals surface area contributed by atoms with Crippen LogP contribution in [0.1, 0.15) is 5.89 Å². The minimum atomic E-state index is 0.409. The average Bonchev–Trinajstić information content (AvgIpc) is 2.56. The highest BCUT2D eigenvalue weighted by atomic mass is 35.5. The number of halogens is 1. The molecule has 2 aromatic heterocycles. The molecule has 15 heavy (non-hydrogen) atoms. The van der Waals surface area contributed by atoms with E-state index in [1.54, 1.807) is 13.0 Å². The van der Waals surface area contributed by atoms with Crippen molar-refractivity contribution in [2.45, 2.75) is 17.2 Å². The number of aromatic nitrogens is 3. The summed E-state index contributed by atoms with van der Waals surface area (Å²) in [6.45, 7) is 1.72. The predicted octanol–water partition coefficient (Wildman–Crippen LogP) is 2.16. The monoisotopic (exact) mass is 242 g/mol. The van der Waals surface area contributed by atoms with Crippen LogP contribution in [0.15, 0.2) is 26.9 Å². The second-order valence-corrected chi connectivity index (χ2v) is 4.09. The van der Waals surface area contributed by atoms with Crippen LogP contribution in [-0.4, -0.2) is 15.2 Å². The summed E-state index contributed by atoms with van der Waals surface area (Å²) in [7, 11) is 0. The van der Waals surface area contributed by atoms with Crippen molar-refractivity contribution in [3.63, 3.8) is 0 Å². The van der Waals surface area contributed by atoms with Gasteiger partial charge in [0.25, 0.3) is 5.22 Å². The Kier molecular flexibility index (Phi) is 2.79. The molecule has 0 saturated heterocycles. The van der Waals surface area contributed by atoms with Gasteiger partial charge in [0, 0.05) is 6.92 Å². The molecule has 2 heterocycles. The number of anilines is 1. The fourth-order valence-electron chi connectivity index (χ4n) is 0.918. The second-order valence-electron chi connectivity index (χ2n) is 2.74.